The van der Waals surface area contributed by atoms with Crippen LogP contribution in [0.15, 0.2) is 0 Å². The maximum Gasteiger partial charge on any atom is 0.286 e. The van der Waals surface area contributed by atoms with Gasteiger partial charge in [0.1, 0.15) is 24.1 Å². The Kier molecular flexibility index (Phi) is 3.30. The molecule has 1 amide bonds. The van der Waals surface area contributed by atoms with E-state index in [1.807, 2.05) is 0 Å². The number of aliphatic hydroxyl groups excluding tert-OH is 3. The highest BCUT2D eigenvalue weighted by molar-refractivity contribution is 5.89. The molecule has 0 aromatic carbocycles. The number of nitrogens with zero attached hydrogens (tertiary/aromatic N) is 3. The van der Waals surface area contributed by atoms with E-state index in [9.17, 15) is 15.0 Å². The summed E-state index contributed by atoms with van der Waals surface area (Å²) in [6.07, 6.45) is -4.66. The summed E-state index contributed by atoms with van der Waals surface area (Å²) in [6.45, 7) is 1.08. The fourth-order valence-corrected chi connectivity index (χ4v) is 1.86. The van der Waals surface area contributed by atoms with E-state index in [4.69, 9.17) is 15.6 Å². The summed E-state index contributed by atoms with van der Waals surface area (Å²) >= 11 is 0. The molecule has 4 atom stereocenters. The monoisotopic (exact) mass is 258 g/mol. The Morgan fingerprint density at radius 1 is 1.50 bits per heavy atom. The molecule has 1 aliphatic rings. The molecule has 100 valence electrons. The minimum Gasteiger partial charge on any atom is -0.394 e. The number of aromatic nitrogens is 3. The number of aryl methyl sites for hydroxylation is 1. The molecule has 0 radical (unpaired) electrons. The lowest BCUT2D eigenvalue weighted by molar-refractivity contribution is -0.0596. The zero-order chi connectivity index (χ0) is 13.4. The third kappa shape index (κ3) is 1.97. The molecule has 5 N–H and O–H groups in total. The molecular weight excluding hydrogens is 244 g/mol. The number of ether oxygens (including phenoxy) is 1. The van der Waals surface area contributed by atoms with Gasteiger partial charge in [0.25, 0.3) is 5.91 Å². The van der Waals surface area contributed by atoms with E-state index in [0.717, 1.165) is 4.68 Å². The molecule has 0 bridgehead atoms. The zero-order valence-corrected chi connectivity index (χ0v) is 9.59. The summed E-state index contributed by atoms with van der Waals surface area (Å²) < 4.78 is 6.24. The molecule has 9 heteroatoms. The molecule has 1 aliphatic heterocycles. The van der Waals surface area contributed by atoms with Gasteiger partial charge in [-0.3, -0.25) is 4.79 Å². The largest absolute Gasteiger partial charge is 0.394 e. The fraction of sp³-hybridized carbons (Fsp3) is 0.667. The second-order valence-electron chi connectivity index (χ2n) is 4.02. The van der Waals surface area contributed by atoms with Crippen LogP contribution in [0.25, 0.3) is 0 Å². The lowest BCUT2D eigenvalue weighted by Crippen LogP contribution is -2.34. The number of hydrogen-bond donors (Lipinski definition) is 4. The van der Waals surface area contributed by atoms with Gasteiger partial charge in [-0.2, -0.15) is 5.10 Å². The van der Waals surface area contributed by atoms with Gasteiger partial charge in [-0.1, -0.05) is 0 Å². The highest BCUT2D eigenvalue weighted by atomic mass is 16.6. The van der Waals surface area contributed by atoms with Crippen molar-refractivity contribution in [1.82, 2.24) is 14.8 Å². The van der Waals surface area contributed by atoms with Crippen molar-refractivity contribution >= 4 is 5.91 Å². The van der Waals surface area contributed by atoms with Crippen LogP contribution in [0.2, 0.25) is 0 Å². The minimum absolute atomic E-state index is 0.178. The Bertz CT molecular complexity index is 462. The number of aliphatic hydroxyl groups is 3. The lowest BCUT2D eigenvalue weighted by atomic mass is 10.1. The number of hydrogen-bond acceptors (Lipinski definition) is 7. The summed E-state index contributed by atoms with van der Waals surface area (Å²) in [5.41, 5.74) is 5.13. The second-order valence-corrected chi connectivity index (χ2v) is 4.02. The first kappa shape index (κ1) is 12.9. The van der Waals surface area contributed by atoms with E-state index in [1.165, 1.54) is 0 Å². The van der Waals surface area contributed by atoms with Crippen molar-refractivity contribution in [2.75, 3.05) is 6.61 Å². The smallest absolute Gasteiger partial charge is 0.286 e. The zero-order valence-electron chi connectivity index (χ0n) is 9.59. The van der Waals surface area contributed by atoms with Crippen LogP contribution in [0.1, 0.15) is 22.7 Å². The van der Waals surface area contributed by atoms with Crippen LogP contribution in [-0.4, -0.2) is 60.9 Å². The van der Waals surface area contributed by atoms with Crippen molar-refractivity contribution in [1.29, 1.82) is 0 Å². The lowest BCUT2D eigenvalue weighted by Gasteiger charge is -2.15. The number of primary amides is 1. The van der Waals surface area contributed by atoms with Gasteiger partial charge in [0, 0.05) is 0 Å². The molecule has 2 rings (SSSR count). The third-order valence-corrected chi connectivity index (χ3v) is 2.72. The van der Waals surface area contributed by atoms with Gasteiger partial charge in [-0.05, 0) is 6.92 Å². The van der Waals surface area contributed by atoms with Gasteiger partial charge >= 0.3 is 0 Å². The highest BCUT2D eigenvalue weighted by Gasteiger charge is 2.45. The van der Waals surface area contributed by atoms with Crippen molar-refractivity contribution < 1.29 is 24.9 Å². The molecule has 2 heterocycles. The van der Waals surface area contributed by atoms with Crippen LogP contribution in [0.5, 0.6) is 0 Å². The van der Waals surface area contributed by atoms with Crippen molar-refractivity contribution in [2.45, 2.75) is 31.5 Å². The average Bonchev–Trinajstić information content (AvgIpc) is 2.82. The first-order chi connectivity index (χ1) is 8.45. The van der Waals surface area contributed by atoms with Crippen LogP contribution in [-0.2, 0) is 4.74 Å². The number of rotatable bonds is 3. The van der Waals surface area contributed by atoms with Crippen molar-refractivity contribution in [3.8, 4) is 0 Å². The maximum absolute atomic E-state index is 11.2. The molecule has 0 saturated carbocycles. The number of amides is 1. The standard InChI is InChI=1S/C9H14N4O5/c1-3-11-8(7(10)17)13(12-3)9-6(16)5(15)4(2-14)18-9/h4-6,9,14-16H,2H2,1H3,(H2,10,17)/t4-,5-,6-,9-/m1/s1. The number of carbonyl (C=O) groups excluding carboxylic acids is 1. The molecule has 1 fully saturated rings. The summed E-state index contributed by atoms with van der Waals surface area (Å²) in [7, 11) is 0. The fourth-order valence-electron chi connectivity index (χ4n) is 1.86. The number of nitrogens with two attached hydrogens (primary N) is 1. The van der Waals surface area contributed by atoms with Crippen LogP contribution < -0.4 is 5.73 Å². The molecule has 0 spiro atoms. The summed E-state index contributed by atoms with van der Waals surface area (Å²) in [6, 6.07) is 0. The Labute approximate surface area is 102 Å². The first-order valence-corrected chi connectivity index (χ1v) is 5.31. The van der Waals surface area contributed by atoms with Gasteiger partial charge < -0.3 is 25.8 Å². The SMILES string of the molecule is Cc1nc(C(N)=O)n([C@@H]2O[C@H](CO)[C@@H](O)[C@H]2O)n1. The predicted octanol–water partition coefficient (Wildman–Crippen LogP) is -2.70. The van der Waals surface area contributed by atoms with Gasteiger partial charge in [0.15, 0.2) is 6.23 Å². The van der Waals surface area contributed by atoms with Gasteiger partial charge in [-0.15, -0.1) is 0 Å². The molecule has 1 saturated heterocycles. The van der Waals surface area contributed by atoms with E-state index < -0.39 is 37.1 Å². The summed E-state index contributed by atoms with van der Waals surface area (Å²) in [5.74, 6) is -0.725. The summed E-state index contributed by atoms with van der Waals surface area (Å²) in [4.78, 5) is 15.0. The van der Waals surface area contributed by atoms with Gasteiger partial charge in [0.05, 0.1) is 6.61 Å². The molecule has 9 nitrogen and oxygen atoms in total. The average molecular weight is 258 g/mol. The quantitative estimate of drug-likeness (QED) is 0.461. The van der Waals surface area contributed by atoms with Gasteiger partial charge in [-0.25, -0.2) is 9.67 Å². The topological polar surface area (TPSA) is 144 Å². The van der Waals surface area contributed by atoms with Crippen LogP contribution >= 0.6 is 0 Å². The minimum atomic E-state index is -1.33. The first-order valence-electron chi connectivity index (χ1n) is 5.31. The van der Waals surface area contributed by atoms with E-state index in [-0.39, 0.29) is 11.6 Å². The summed E-state index contributed by atoms with van der Waals surface area (Å²) in [5, 5.41) is 32.3. The van der Waals surface area contributed by atoms with Crippen molar-refractivity contribution in [2.24, 2.45) is 5.73 Å². The van der Waals surface area contributed by atoms with Crippen LogP contribution in [0.3, 0.4) is 0 Å². The second kappa shape index (κ2) is 4.61. The van der Waals surface area contributed by atoms with E-state index in [1.54, 1.807) is 6.92 Å². The van der Waals surface area contributed by atoms with Gasteiger partial charge in [0.2, 0.25) is 5.82 Å². The van der Waals surface area contributed by atoms with Crippen LogP contribution in [0, 0.1) is 6.92 Å². The molecular formula is C9H14N4O5. The third-order valence-electron chi connectivity index (χ3n) is 2.72. The molecule has 1 aromatic heterocycles. The Morgan fingerprint density at radius 2 is 2.17 bits per heavy atom. The normalized spacial score (nSPS) is 31.8. The Morgan fingerprint density at radius 3 is 2.67 bits per heavy atom. The van der Waals surface area contributed by atoms with E-state index in [0.29, 0.717) is 0 Å². The van der Waals surface area contributed by atoms with Crippen LogP contribution in [0.4, 0.5) is 0 Å². The van der Waals surface area contributed by atoms with E-state index in [2.05, 4.69) is 10.1 Å². The Hall–Kier alpha value is -1.55. The van der Waals surface area contributed by atoms with E-state index >= 15 is 0 Å². The predicted molar refractivity (Wildman–Crippen MR) is 56.3 cm³/mol. The number of carbonyl (C=O) groups is 1. The van der Waals surface area contributed by atoms with Crippen molar-refractivity contribution in [3.05, 3.63) is 11.6 Å². The molecule has 0 unspecified atom stereocenters. The molecule has 1 aromatic rings. The molecule has 0 aliphatic carbocycles. The highest BCUT2D eigenvalue weighted by Crippen LogP contribution is 2.29. The molecule has 18 heavy (non-hydrogen) atoms. The Balaban J connectivity index is 2.35. The maximum atomic E-state index is 11.2. The van der Waals surface area contributed by atoms with Crippen molar-refractivity contribution in [3.63, 3.8) is 0 Å².